The highest BCUT2D eigenvalue weighted by molar-refractivity contribution is 9.09. The van der Waals surface area contributed by atoms with Crippen LogP contribution in [0, 0.1) is 16.2 Å². The van der Waals surface area contributed by atoms with Crippen LogP contribution in [0.5, 0.6) is 0 Å². The molecular weight excluding hydrogens is 824 g/mol. The molecule has 0 saturated heterocycles. The molecule has 0 spiro atoms. The molecule has 18 heteroatoms. The maximum Gasteiger partial charge on any atom is 0.508 e. The first-order valence-corrected chi connectivity index (χ1v) is 18.3. The largest absolute Gasteiger partial charge is 0.508 e. The molecule has 0 fully saturated rings. The summed E-state index contributed by atoms with van der Waals surface area (Å²) in [5.74, 6) is -3.86. The third-order valence-electron chi connectivity index (χ3n) is 6.94. The molecule has 0 heterocycles. The van der Waals surface area contributed by atoms with Crippen molar-refractivity contribution >= 4 is 74.0 Å². The van der Waals surface area contributed by atoms with Gasteiger partial charge in [0, 0.05) is 24.5 Å². The quantitative estimate of drug-likeness (QED) is 0.0625. The number of halogens is 2. The number of hydrogen-bond acceptors (Lipinski definition) is 16. The van der Waals surface area contributed by atoms with Gasteiger partial charge in [0.05, 0.1) is 13.2 Å². The zero-order valence-electron chi connectivity index (χ0n) is 29.9. The van der Waals surface area contributed by atoms with Crippen molar-refractivity contribution in [1.29, 1.82) is 0 Å². The van der Waals surface area contributed by atoms with Crippen LogP contribution in [-0.2, 0) is 73.2 Å². The second-order valence-corrected chi connectivity index (χ2v) is 13.9. The summed E-state index contributed by atoms with van der Waals surface area (Å²) in [6, 6.07) is 8.67. The van der Waals surface area contributed by atoms with E-state index in [-0.39, 0.29) is 19.8 Å². The minimum absolute atomic E-state index is 0.0585. The smallest absolute Gasteiger partial charge is 0.465 e. The van der Waals surface area contributed by atoms with E-state index in [9.17, 15) is 33.6 Å². The van der Waals surface area contributed by atoms with E-state index in [1.54, 1.807) is 30.3 Å². The van der Waals surface area contributed by atoms with Gasteiger partial charge in [0.2, 0.25) is 0 Å². The van der Waals surface area contributed by atoms with Crippen LogP contribution in [-0.4, -0.2) is 106 Å². The average Bonchev–Trinajstić information content (AvgIpc) is 3.12. The molecule has 2 atom stereocenters. The van der Waals surface area contributed by atoms with Gasteiger partial charge in [-0.15, -0.1) is 0 Å². The zero-order chi connectivity index (χ0) is 39.2. The molecule has 0 aliphatic heterocycles. The Morgan fingerprint density at radius 1 is 0.500 bits per heavy atom. The van der Waals surface area contributed by atoms with Crippen molar-refractivity contribution in [3.05, 3.63) is 35.9 Å². The lowest BCUT2D eigenvalue weighted by molar-refractivity contribution is -0.167. The first-order chi connectivity index (χ1) is 24.5. The lowest BCUT2D eigenvalue weighted by Gasteiger charge is -2.28. The molecule has 0 saturated carbocycles. The number of alkyl halides is 2. The molecule has 1 aromatic rings. The minimum atomic E-state index is -1.82. The molecule has 0 amide bonds. The van der Waals surface area contributed by atoms with Crippen molar-refractivity contribution in [2.75, 3.05) is 63.5 Å². The maximum absolute atomic E-state index is 13.3. The van der Waals surface area contributed by atoms with E-state index in [1.807, 2.05) is 0 Å². The van der Waals surface area contributed by atoms with E-state index >= 15 is 0 Å². The van der Waals surface area contributed by atoms with E-state index in [1.165, 1.54) is 20.8 Å². The number of hydrogen-bond donors (Lipinski definition) is 0. The Morgan fingerprint density at radius 2 is 0.827 bits per heavy atom. The van der Waals surface area contributed by atoms with Crippen LogP contribution in [0.15, 0.2) is 30.3 Å². The highest BCUT2D eigenvalue weighted by Gasteiger charge is 2.42. The summed E-state index contributed by atoms with van der Waals surface area (Å²) < 4.78 is 46.5. The van der Waals surface area contributed by atoms with Gasteiger partial charge in [-0.25, -0.2) is 9.59 Å². The van der Waals surface area contributed by atoms with E-state index in [0.29, 0.717) is 29.1 Å². The number of esters is 5. The molecule has 0 bridgehead atoms. The highest BCUT2D eigenvalue weighted by Crippen LogP contribution is 2.25. The molecule has 292 valence electrons. The summed E-state index contributed by atoms with van der Waals surface area (Å²) in [6.45, 7) is 2.65. The van der Waals surface area contributed by atoms with Crippen molar-refractivity contribution < 1.29 is 76.2 Å². The standard InChI is InChI=1S/C34H46Br2O16/c1-24(37)47-18-32(3,27(39)44-15-9-13-35)20-49-30(42)51-22-34(5,29(41)46-17-26-11-7-6-8-12-26)23-52-31(43)50-21-33(4,19-48-25(2)38)28(40)45-16-10-14-36/h6-8,11-12H,9-10,13-23H2,1-5H3. The Kier molecular flexibility index (Phi) is 20.9. The fourth-order valence-electron chi connectivity index (χ4n) is 3.64. The number of ether oxygens (including phenoxy) is 9. The average molecular weight is 871 g/mol. The van der Waals surface area contributed by atoms with E-state index in [4.69, 9.17) is 42.6 Å². The van der Waals surface area contributed by atoms with Crippen molar-refractivity contribution in [2.24, 2.45) is 16.2 Å². The van der Waals surface area contributed by atoms with Gasteiger partial charge in [-0.3, -0.25) is 24.0 Å². The first-order valence-electron chi connectivity index (χ1n) is 16.0. The van der Waals surface area contributed by atoms with Crippen LogP contribution in [0.25, 0.3) is 0 Å². The Bertz CT molecular complexity index is 1270. The van der Waals surface area contributed by atoms with Gasteiger partial charge in [0.25, 0.3) is 0 Å². The molecule has 1 aromatic carbocycles. The molecule has 1 rings (SSSR count). The van der Waals surface area contributed by atoms with Gasteiger partial charge in [0.1, 0.15) is 62.5 Å². The van der Waals surface area contributed by atoms with Crippen LogP contribution < -0.4 is 0 Å². The maximum atomic E-state index is 13.3. The van der Waals surface area contributed by atoms with Gasteiger partial charge in [-0.2, -0.15) is 0 Å². The fraction of sp³-hybridized carbons (Fsp3) is 0.618. The second-order valence-electron chi connectivity index (χ2n) is 12.3. The van der Waals surface area contributed by atoms with Gasteiger partial charge < -0.3 is 42.6 Å². The van der Waals surface area contributed by atoms with Gasteiger partial charge in [-0.05, 0) is 39.2 Å². The van der Waals surface area contributed by atoms with Crippen molar-refractivity contribution in [3.8, 4) is 0 Å². The molecule has 0 aliphatic rings. The van der Waals surface area contributed by atoms with Crippen LogP contribution in [0.1, 0.15) is 53.0 Å². The summed E-state index contributed by atoms with van der Waals surface area (Å²) in [7, 11) is 0. The van der Waals surface area contributed by atoms with Crippen molar-refractivity contribution in [3.63, 3.8) is 0 Å². The highest BCUT2D eigenvalue weighted by atomic mass is 79.9. The number of benzene rings is 1. The van der Waals surface area contributed by atoms with Crippen LogP contribution in [0.2, 0.25) is 0 Å². The molecule has 16 nitrogen and oxygen atoms in total. The Morgan fingerprint density at radius 3 is 1.15 bits per heavy atom. The predicted molar refractivity (Wildman–Crippen MR) is 187 cm³/mol. The number of rotatable bonds is 23. The lowest BCUT2D eigenvalue weighted by atomic mass is 9.93. The van der Waals surface area contributed by atoms with Crippen LogP contribution in [0.4, 0.5) is 9.59 Å². The van der Waals surface area contributed by atoms with Crippen LogP contribution >= 0.6 is 31.9 Å². The third-order valence-corrected chi connectivity index (χ3v) is 8.06. The minimum Gasteiger partial charge on any atom is -0.465 e. The Hall–Kier alpha value is -3.93. The number of carbonyl (C=O) groups is 7. The molecule has 0 aliphatic carbocycles. The lowest BCUT2D eigenvalue weighted by Crippen LogP contribution is -2.43. The van der Waals surface area contributed by atoms with E-state index in [2.05, 4.69) is 31.9 Å². The predicted octanol–water partition coefficient (Wildman–Crippen LogP) is 4.84. The fourth-order valence-corrected chi connectivity index (χ4v) is 4.10. The molecule has 52 heavy (non-hydrogen) atoms. The van der Waals surface area contributed by atoms with Crippen LogP contribution in [0.3, 0.4) is 0 Å². The summed E-state index contributed by atoms with van der Waals surface area (Å²) in [5.41, 5.74) is -4.36. The molecule has 0 aromatic heterocycles. The van der Waals surface area contributed by atoms with Crippen molar-refractivity contribution in [1.82, 2.24) is 0 Å². The summed E-state index contributed by atoms with van der Waals surface area (Å²) in [5, 5.41) is 1.14. The van der Waals surface area contributed by atoms with Gasteiger partial charge in [-0.1, -0.05) is 62.2 Å². The molecule has 0 radical (unpaired) electrons. The van der Waals surface area contributed by atoms with E-state index < -0.39 is 98.0 Å². The molecule has 2 unspecified atom stereocenters. The number of carbonyl (C=O) groups excluding carboxylic acids is 7. The zero-order valence-corrected chi connectivity index (χ0v) is 33.0. The summed E-state index contributed by atoms with van der Waals surface area (Å²) in [6.07, 6.45) is -1.62. The third kappa shape index (κ3) is 17.5. The summed E-state index contributed by atoms with van der Waals surface area (Å²) in [4.78, 5) is 87.1. The Balaban J connectivity index is 3.03. The topological polar surface area (TPSA) is 203 Å². The SMILES string of the molecule is CC(=O)OCC(C)(COC(=O)OCC(C)(COC(=O)OCC(C)(COC(C)=O)C(=O)OCCCBr)C(=O)OCc1ccccc1)C(=O)OCCCBr. The normalized spacial score (nSPS) is 14.1. The first kappa shape index (κ1) is 46.1. The monoisotopic (exact) mass is 868 g/mol. The second kappa shape index (κ2) is 23.6. The Labute approximate surface area is 319 Å². The summed E-state index contributed by atoms with van der Waals surface area (Å²) >= 11 is 6.45. The van der Waals surface area contributed by atoms with Gasteiger partial charge in [0.15, 0.2) is 0 Å². The van der Waals surface area contributed by atoms with Gasteiger partial charge >= 0.3 is 42.2 Å². The molecular formula is C34H46Br2O16. The van der Waals surface area contributed by atoms with Crippen molar-refractivity contribution in [2.45, 2.75) is 54.1 Å². The van der Waals surface area contributed by atoms with E-state index in [0.717, 1.165) is 13.8 Å². The molecule has 0 N–H and O–H groups in total.